The first kappa shape index (κ1) is 13.8. The van der Waals surface area contributed by atoms with Gasteiger partial charge in [0, 0.05) is 0 Å². The van der Waals surface area contributed by atoms with E-state index in [2.05, 4.69) is 26.3 Å². The Kier molecular flexibility index (Phi) is 8.66. The summed E-state index contributed by atoms with van der Waals surface area (Å²) < 4.78 is 0. The Morgan fingerprint density at radius 1 is 1.00 bits per heavy atom. The molecule has 0 aliphatic carbocycles. The smallest absolute Gasteiger partial charge is 0.103 e. The van der Waals surface area contributed by atoms with Gasteiger partial charge in [-0.2, -0.15) is 0 Å². The maximum Gasteiger partial charge on any atom is 0.108 e. The van der Waals surface area contributed by atoms with E-state index in [4.69, 9.17) is 0 Å². The zero-order chi connectivity index (χ0) is 11.5. The number of rotatable bonds is 10. The SMILES string of the molecule is C=CCC(=C)CCC[C+](CC=C)CC=C. The standard InChI is InChI=1S/C15H23/c1-5-9-14(4)12-8-13-15(10-6-2)11-7-3/h5-7H,1-4,8-13H2/q+1. The van der Waals surface area contributed by atoms with E-state index in [0.29, 0.717) is 0 Å². The Morgan fingerprint density at radius 3 is 2.07 bits per heavy atom. The van der Waals surface area contributed by atoms with Crippen molar-refractivity contribution >= 4 is 0 Å². The van der Waals surface area contributed by atoms with Crippen LogP contribution in [0.25, 0.3) is 0 Å². The zero-order valence-corrected chi connectivity index (χ0v) is 9.80. The molecule has 0 unspecified atom stereocenters. The van der Waals surface area contributed by atoms with Crippen molar-refractivity contribution in [2.75, 3.05) is 0 Å². The van der Waals surface area contributed by atoms with E-state index in [1.165, 1.54) is 17.9 Å². The summed E-state index contributed by atoms with van der Waals surface area (Å²) in [5, 5.41) is 0. The molecular weight excluding hydrogens is 180 g/mol. The molecule has 0 bridgehead atoms. The van der Waals surface area contributed by atoms with E-state index in [1.807, 2.05) is 18.2 Å². The summed E-state index contributed by atoms with van der Waals surface area (Å²) in [5.41, 5.74) is 1.28. The maximum atomic E-state index is 4.01. The van der Waals surface area contributed by atoms with E-state index in [1.54, 1.807) is 0 Å². The molecule has 0 aliphatic heterocycles. The summed E-state index contributed by atoms with van der Waals surface area (Å²) in [6.07, 6.45) is 12.3. The van der Waals surface area contributed by atoms with Gasteiger partial charge >= 0.3 is 0 Å². The molecule has 0 heterocycles. The summed E-state index contributed by atoms with van der Waals surface area (Å²) in [7, 11) is 0. The second-order valence-electron chi connectivity index (χ2n) is 3.83. The number of hydrogen-bond acceptors (Lipinski definition) is 0. The fourth-order valence-corrected chi connectivity index (χ4v) is 1.59. The first-order chi connectivity index (χ1) is 7.24. The molecule has 0 heteroatoms. The van der Waals surface area contributed by atoms with Crippen molar-refractivity contribution in [2.45, 2.75) is 38.5 Å². The van der Waals surface area contributed by atoms with E-state index < -0.39 is 0 Å². The molecule has 0 aromatic carbocycles. The molecule has 0 spiro atoms. The third-order valence-electron chi connectivity index (χ3n) is 2.36. The van der Waals surface area contributed by atoms with E-state index in [0.717, 1.165) is 32.1 Å². The molecule has 0 nitrogen and oxygen atoms in total. The lowest BCUT2D eigenvalue weighted by atomic mass is 9.93. The highest BCUT2D eigenvalue weighted by atomic mass is 14.1. The molecule has 15 heavy (non-hydrogen) atoms. The Labute approximate surface area is 95.1 Å². The highest BCUT2D eigenvalue weighted by Crippen LogP contribution is 2.22. The average molecular weight is 203 g/mol. The van der Waals surface area contributed by atoms with E-state index in [9.17, 15) is 0 Å². The van der Waals surface area contributed by atoms with E-state index >= 15 is 0 Å². The Bertz CT molecular complexity index is 200. The van der Waals surface area contributed by atoms with Gasteiger partial charge in [-0.3, -0.25) is 0 Å². The van der Waals surface area contributed by atoms with Crippen LogP contribution in [0.5, 0.6) is 0 Å². The van der Waals surface area contributed by atoms with Gasteiger partial charge in [-0.25, -0.2) is 0 Å². The van der Waals surface area contributed by atoms with Crippen LogP contribution in [-0.4, -0.2) is 0 Å². The predicted octanol–water partition coefficient (Wildman–Crippen LogP) is 5.02. The molecule has 0 N–H and O–H groups in total. The Morgan fingerprint density at radius 2 is 1.60 bits per heavy atom. The van der Waals surface area contributed by atoms with Crippen molar-refractivity contribution in [3.8, 4) is 0 Å². The quantitative estimate of drug-likeness (QED) is 0.345. The third-order valence-corrected chi connectivity index (χ3v) is 2.36. The molecule has 0 amide bonds. The lowest BCUT2D eigenvalue weighted by molar-refractivity contribution is 0.689. The van der Waals surface area contributed by atoms with Gasteiger partial charge in [0.05, 0.1) is 12.3 Å². The van der Waals surface area contributed by atoms with E-state index in [-0.39, 0.29) is 0 Å². The summed E-state index contributed by atoms with van der Waals surface area (Å²) >= 11 is 0. The summed E-state index contributed by atoms with van der Waals surface area (Å²) in [4.78, 5) is 0. The van der Waals surface area contributed by atoms with Crippen LogP contribution >= 0.6 is 0 Å². The van der Waals surface area contributed by atoms with Gasteiger partial charge in [0.2, 0.25) is 0 Å². The first-order valence-electron chi connectivity index (χ1n) is 5.57. The zero-order valence-electron chi connectivity index (χ0n) is 9.80. The molecule has 0 rings (SSSR count). The van der Waals surface area contributed by atoms with Crippen molar-refractivity contribution in [3.05, 3.63) is 56.0 Å². The molecule has 0 fully saturated rings. The summed E-state index contributed by atoms with van der Waals surface area (Å²) in [6, 6.07) is 0. The summed E-state index contributed by atoms with van der Waals surface area (Å²) in [6.45, 7) is 15.3. The minimum Gasteiger partial charge on any atom is -0.103 e. The van der Waals surface area contributed by atoms with Crippen molar-refractivity contribution in [1.82, 2.24) is 0 Å². The van der Waals surface area contributed by atoms with Gasteiger partial charge < -0.3 is 0 Å². The second-order valence-corrected chi connectivity index (χ2v) is 3.83. The number of hydrogen-bond donors (Lipinski definition) is 0. The van der Waals surface area contributed by atoms with Gasteiger partial charge in [-0.05, 0) is 31.4 Å². The maximum absolute atomic E-state index is 4.01. The van der Waals surface area contributed by atoms with Crippen LogP contribution in [0.15, 0.2) is 50.1 Å². The van der Waals surface area contributed by atoms with Crippen LogP contribution in [0.4, 0.5) is 0 Å². The predicted molar refractivity (Wildman–Crippen MR) is 70.7 cm³/mol. The topological polar surface area (TPSA) is 0 Å². The fourth-order valence-electron chi connectivity index (χ4n) is 1.59. The highest BCUT2D eigenvalue weighted by Gasteiger charge is 2.15. The lowest BCUT2D eigenvalue weighted by Crippen LogP contribution is -1.95. The molecule has 0 radical (unpaired) electrons. The van der Waals surface area contributed by atoms with Gasteiger partial charge in [0.25, 0.3) is 0 Å². The van der Waals surface area contributed by atoms with Crippen LogP contribution in [0.2, 0.25) is 0 Å². The van der Waals surface area contributed by atoms with Crippen LogP contribution in [0.1, 0.15) is 38.5 Å². The first-order valence-corrected chi connectivity index (χ1v) is 5.57. The molecule has 0 aromatic heterocycles. The van der Waals surface area contributed by atoms with Crippen molar-refractivity contribution in [1.29, 1.82) is 0 Å². The normalized spacial score (nSPS) is 9.33. The van der Waals surface area contributed by atoms with Crippen molar-refractivity contribution < 1.29 is 0 Å². The second kappa shape index (κ2) is 9.39. The molecule has 82 valence electrons. The van der Waals surface area contributed by atoms with Crippen molar-refractivity contribution in [3.63, 3.8) is 0 Å². The minimum atomic E-state index is 0.943. The number of allylic oxidation sites excluding steroid dienone is 4. The van der Waals surface area contributed by atoms with Gasteiger partial charge in [0.1, 0.15) is 12.8 Å². The van der Waals surface area contributed by atoms with Crippen LogP contribution in [-0.2, 0) is 0 Å². The molecule has 0 atom stereocenters. The molecule has 0 aliphatic rings. The monoisotopic (exact) mass is 203 g/mol. The van der Waals surface area contributed by atoms with Gasteiger partial charge in [-0.15, -0.1) is 6.58 Å². The van der Waals surface area contributed by atoms with Gasteiger partial charge in [-0.1, -0.05) is 31.4 Å². The largest absolute Gasteiger partial charge is 0.108 e. The minimum absolute atomic E-state index is 0.943. The fraction of sp³-hybridized carbons (Fsp3) is 0.400. The lowest BCUT2D eigenvalue weighted by Gasteiger charge is -2.03. The summed E-state index contributed by atoms with van der Waals surface area (Å²) in [5.74, 6) is 1.52. The van der Waals surface area contributed by atoms with Crippen LogP contribution < -0.4 is 0 Å². The van der Waals surface area contributed by atoms with Crippen molar-refractivity contribution in [2.24, 2.45) is 0 Å². The Hall–Kier alpha value is -1.17. The Balaban J connectivity index is 3.68. The average Bonchev–Trinajstić information content (AvgIpc) is 2.19. The van der Waals surface area contributed by atoms with Crippen LogP contribution in [0.3, 0.4) is 0 Å². The van der Waals surface area contributed by atoms with Crippen LogP contribution in [0, 0.1) is 5.92 Å². The third kappa shape index (κ3) is 7.87. The highest BCUT2D eigenvalue weighted by molar-refractivity contribution is 5.03. The molecule has 0 saturated heterocycles. The molecular formula is C15H23+. The molecule has 0 saturated carbocycles. The van der Waals surface area contributed by atoms with Gasteiger partial charge in [0.15, 0.2) is 0 Å². The molecule has 0 aromatic rings.